The largest absolute Gasteiger partial charge is 0.493 e. The van der Waals surface area contributed by atoms with Crippen molar-refractivity contribution in [1.29, 1.82) is 0 Å². The Balaban J connectivity index is 1.04. The van der Waals surface area contributed by atoms with Gasteiger partial charge >= 0.3 is 6.03 Å². The lowest BCUT2D eigenvalue weighted by molar-refractivity contribution is 0.262. The average Bonchev–Trinajstić information content (AvgIpc) is 3.66. The molecule has 10 heteroatoms. The first-order valence-electron chi connectivity index (χ1n) is 15.6. The number of nitrogens with one attached hydrogen (secondary N) is 2. The summed E-state index contributed by atoms with van der Waals surface area (Å²) in [6.45, 7) is 9.94. The Morgan fingerprint density at radius 2 is 1.67 bits per heavy atom. The van der Waals surface area contributed by atoms with E-state index in [1.54, 1.807) is 27.2 Å². The van der Waals surface area contributed by atoms with Gasteiger partial charge in [-0.1, -0.05) is 50.6 Å². The van der Waals surface area contributed by atoms with Crippen molar-refractivity contribution in [2.24, 2.45) is 5.92 Å². The topological polar surface area (TPSA) is 106 Å². The molecule has 236 valence electrons. The molecule has 1 saturated heterocycles. The van der Waals surface area contributed by atoms with Gasteiger partial charge in [0.15, 0.2) is 0 Å². The molecule has 3 aromatic carbocycles. The maximum atomic E-state index is 13.3. The molecule has 9 nitrogen and oxygen atoms in total. The molecule has 0 spiro atoms. The SMILES string of the molecule is Cc1ccc(-n2nc(C(C)(C)C)cc2NC(=O)Nc2ccc(CC3CCN(S(=O)(=O)c4ccc5c(c4)CCO5)CC3)cc2)cc1. The molecule has 6 rings (SSSR count). The highest BCUT2D eigenvalue weighted by Gasteiger charge is 2.30. The van der Waals surface area contributed by atoms with E-state index in [0.717, 1.165) is 59.5 Å². The molecule has 1 aromatic heterocycles. The number of fused-ring (bicyclic) bond motifs is 1. The van der Waals surface area contributed by atoms with E-state index in [2.05, 4.69) is 31.4 Å². The maximum absolute atomic E-state index is 13.3. The highest BCUT2D eigenvalue weighted by molar-refractivity contribution is 7.89. The van der Waals surface area contributed by atoms with E-state index in [0.29, 0.717) is 42.0 Å². The van der Waals surface area contributed by atoms with Gasteiger partial charge in [-0.2, -0.15) is 9.40 Å². The molecule has 2 aliphatic rings. The number of carbonyl (C=O) groups is 1. The number of rotatable bonds is 7. The number of hydrogen-bond acceptors (Lipinski definition) is 5. The van der Waals surface area contributed by atoms with Crippen molar-refractivity contribution in [3.63, 3.8) is 0 Å². The molecular formula is C35H41N5O4S. The number of aromatic nitrogens is 2. The number of hydrogen-bond donors (Lipinski definition) is 2. The summed E-state index contributed by atoms with van der Waals surface area (Å²) in [6.07, 6.45) is 3.22. The molecule has 1 fully saturated rings. The van der Waals surface area contributed by atoms with Crippen LogP contribution in [0.1, 0.15) is 56.0 Å². The Morgan fingerprint density at radius 1 is 0.956 bits per heavy atom. The fourth-order valence-electron chi connectivity index (χ4n) is 5.88. The second-order valence-electron chi connectivity index (χ2n) is 13.1. The minimum Gasteiger partial charge on any atom is -0.493 e. The smallest absolute Gasteiger partial charge is 0.324 e. The zero-order valence-corrected chi connectivity index (χ0v) is 27.2. The van der Waals surface area contributed by atoms with E-state index < -0.39 is 10.0 Å². The van der Waals surface area contributed by atoms with E-state index in [1.165, 1.54) is 0 Å². The fourth-order valence-corrected chi connectivity index (χ4v) is 7.40. The second-order valence-corrected chi connectivity index (χ2v) is 15.0. The van der Waals surface area contributed by atoms with Gasteiger partial charge in [0.05, 0.1) is 22.9 Å². The first-order chi connectivity index (χ1) is 21.5. The normalized spacial score (nSPS) is 15.8. The van der Waals surface area contributed by atoms with Crippen molar-refractivity contribution < 1.29 is 17.9 Å². The molecule has 0 radical (unpaired) electrons. The third kappa shape index (κ3) is 6.92. The summed E-state index contributed by atoms with van der Waals surface area (Å²) in [7, 11) is -3.52. The molecular weight excluding hydrogens is 586 g/mol. The van der Waals surface area contributed by atoms with E-state index in [1.807, 2.05) is 61.5 Å². The van der Waals surface area contributed by atoms with Gasteiger partial charge in [0.25, 0.3) is 0 Å². The number of anilines is 2. The molecule has 0 bridgehead atoms. The van der Waals surface area contributed by atoms with E-state index in [9.17, 15) is 13.2 Å². The van der Waals surface area contributed by atoms with Crippen molar-refractivity contribution in [2.45, 2.75) is 63.7 Å². The predicted molar refractivity (Wildman–Crippen MR) is 177 cm³/mol. The summed E-state index contributed by atoms with van der Waals surface area (Å²) in [4.78, 5) is 13.4. The van der Waals surface area contributed by atoms with Crippen molar-refractivity contribution in [3.8, 4) is 11.4 Å². The Hall–Kier alpha value is -4.15. The summed E-state index contributed by atoms with van der Waals surface area (Å²) in [5.74, 6) is 1.78. The minimum atomic E-state index is -3.52. The van der Waals surface area contributed by atoms with Crippen LogP contribution in [0.3, 0.4) is 0 Å². The number of benzene rings is 3. The molecule has 2 amide bonds. The zero-order chi connectivity index (χ0) is 31.8. The van der Waals surface area contributed by atoms with Crippen LogP contribution in [0, 0.1) is 12.8 Å². The minimum absolute atomic E-state index is 0.179. The zero-order valence-electron chi connectivity index (χ0n) is 26.3. The van der Waals surface area contributed by atoms with Gasteiger partial charge in [-0.05, 0) is 85.7 Å². The van der Waals surface area contributed by atoms with Gasteiger partial charge in [-0.3, -0.25) is 5.32 Å². The molecule has 45 heavy (non-hydrogen) atoms. The average molecular weight is 628 g/mol. The van der Waals surface area contributed by atoms with Crippen LogP contribution in [0.2, 0.25) is 0 Å². The number of urea groups is 1. The van der Waals surface area contributed by atoms with E-state index in [4.69, 9.17) is 9.84 Å². The van der Waals surface area contributed by atoms with Crippen molar-refractivity contribution in [3.05, 3.63) is 95.2 Å². The number of nitrogens with zero attached hydrogens (tertiary/aromatic N) is 3. The monoisotopic (exact) mass is 627 g/mol. The molecule has 0 aliphatic carbocycles. The number of piperidine rings is 1. The molecule has 4 aromatic rings. The summed E-state index contributed by atoms with van der Waals surface area (Å²) in [5.41, 5.74) is 5.54. The van der Waals surface area contributed by atoms with Gasteiger partial charge in [0.2, 0.25) is 10.0 Å². The van der Waals surface area contributed by atoms with Crippen LogP contribution in [-0.4, -0.2) is 48.2 Å². The highest BCUT2D eigenvalue weighted by atomic mass is 32.2. The first kappa shape index (κ1) is 30.9. The summed E-state index contributed by atoms with van der Waals surface area (Å²) >= 11 is 0. The first-order valence-corrected chi connectivity index (χ1v) is 17.0. The third-order valence-corrected chi connectivity index (χ3v) is 10.5. The maximum Gasteiger partial charge on any atom is 0.324 e. The molecule has 0 saturated carbocycles. The molecule has 2 N–H and O–H groups in total. The molecule has 0 atom stereocenters. The fraction of sp³-hybridized carbons (Fsp3) is 0.371. The van der Waals surface area contributed by atoms with Crippen LogP contribution in [0.4, 0.5) is 16.3 Å². The quantitative estimate of drug-likeness (QED) is 0.237. The van der Waals surface area contributed by atoms with Gasteiger partial charge < -0.3 is 10.1 Å². The lowest BCUT2D eigenvalue weighted by Crippen LogP contribution is -2.38. The van der Waals surface area contributed by atoms with E-state index >= 15 is 0 Å². The van der Waals surface area contributed by atoms with Crippen LogP contribution in [0.25, 0.3) is 5.69 Å². The van der Waals surface area contributed by atoms with Crippen LogP contribution < -0.4 is 15.4 Å². The van der Waals surface area contributed by atoms with Gasteiger partial charge in [-0.15, -0.1) is 0 Å². The lowest BCUT2D eigenvalue weighted by Gasteiger charge is -2.31. The van der Waals surface area contributed by atoms with Crippen molar-refractivity contribution in [1.82, 2.24) is 14.1 Å². The third-order valence-electron chi connectivity index (χ3n) is 8.61. The van der Waals surface area contributed by atoms with Crippen molar-refractivity contribution >= 4 is 27.6 Å². The number of ether oxygens (including phenoxy) is 1. The van der Waals surface area contributed by atoms with Crippen LogP contribution in [-0.2, 0) is 28.3 Å². The van der Waals surface area contributed by atoms with Crippen molar-refractivity contribution in [2.75, 3.05) is 30.3 Å². The van der Waals surface area contributed by atoms with Crippen LogP contribution in [0.15, 0.2) is 77.7 Å². The van der Waals surface area contributed by atoms with E-state index in [-0.39, 0.29) is 11.4 Å². The lowest BCUT2D eigenvalue weighted by atomic mass is 9.91. The molecule has 3 heterocycles. The second kappa shape index (κ2) is 12.3. The Morgan fingerprint density at radius 3 is 2.36 bits per heavy atom. The summed E-state index contributed by atoms with van der Waals surface area (Å²) in [6, 6.07) is 22.7. The number of carbonyl (C=O) groups excluding carboxylic acids is 1. The molecule has 0 unspecified atom stereocenters. The Bertz CT molecular complexity index is 1780. The Kier molecular flexibility index (Phi) is 8.45. The van der Waals surface area contributed by atoms with Crippen LogP contribution >= 0.6 is 0 Å². The standard InChI is InChI=1S/C35H41N5O4S/c1-24-5-11-29(12-6-24)40-33(23-32(38-40)35(2,3)4)37-34(41)36-28-9-7-25(8-10-28)21-26-15-18-39(19-16-26)45(42,43)30-13-14-31-27(22-30)17-20-44-31/h5-14,22-23,26H,15-21H2,1-4H3,(H2,36,37,41). The highest BCUT2D eigenvalue weighted by Crippen LogP contribution is 2.31. The van der Waals surface area contributed by atoms with Gasteiger partial charge in [-0.25, -0.2) is 17.9 Å². The predicted octanol–water partition coefficient (Wildman–Crippen LogP) is 6.70. The number of aryl methyl sites for hydroxylation is 1. The number of sulfonamides is 1. The van der Waals surface area contributed by atoms with Gasteiger partial charge in [0.1, 0.15) is 11.6 Å². The summed E-state index contributed by atoms with van der Waals surface area (Å²) in [5, 5.41) is 10.7. The van der Waals surface area contributed by atoms with Crippen LogP contribution in [0.5, 0.6) is 5.75 Å². The summed E-state index contributed by atoms with van der Waals surface area (Å²) < 4.78 is 35.5. The molecule has 2 aliphatic heterocycles. The number of amides is 2. The Labute approximate surface area is 265 Å². The van der Waals surface area contributed by atoms with Gasteiger partial charge in [0, 0.05) is 36.7 Å².